The lowest BCUT2D eigenvalue weighted by atomic mass is 10.0. The van der Waals surface area contributed by atoms with Gasteiger partial charge in [0.25, 0.3) is 0 Å². The van der Waals surface area contributed by atoms with Crippen molar-refractivity contribution in [3.8, 4) is 0 Å². The van der Waals surface area contributed by atoms with Gasteiger partial charge in [0.1, 0.15) is 0 Å². The number of aromatic nitrogens is 5. The first-order valence-electron chi connectivity index (χ1n) is 10.4. The van der Waals surface area contributed by atoms with Gasteiger partial charge in [-0.05, 0) is 59.2 Å². The molecule has 8 heteroatoms. The molecular weight excluding hydrogens is 378 g/mol. The summed E-state index contributed by atoms with van der Waals surface area (Å²) >= 11 is 0. The van der Waals surface area contributed by atoms with Crippen molar-refractivity contribution in [1.29, 1.82) is 0 Å². The molecular formula is C22H29N7O. The van der Waals surface area contributed by atoms with Crippen molar-refractivity contribution in [2.75, 3.05) is 44.8 Å². The number of pyridine rings is 1. The third kappa shape index (κ3) is 4.34. The average Bonchev–Trinajstić information content (AvgIpc) is 3.23. The molecule has 158 valence electrons. The molecule has 4 rings (SSSR count). The summed E-state index contributed by atoms with van der Waals surface area (Å²) in [5.74, 6) is 0.846. The lowest BCUT2D eigenvalue weighted by Crippen LogP contribution is -2.48. The van der Waals surface area contributed by atoms with E-state index in [2.05, 4.69) is 74.5 Å². The third-order valence-electron chi connectivity index (χ3n) is 5.72. The first-order valence-corrected chi connectivity index (χ1v) is 10.4. The Morgan fingerprint density at radius 1 is 1.03 bits per heavy atom. The number of nitrogens with zero attached hydrogens (tertiary/aromatic N) is 7. The van der Waals surface area contributed by atoms with E-state index >= 15 is 0 Å². The molecule has 1 saturated heterocycles. The second-order valence-corrected chi connectivity index (χ2v) is 7.75. The molecule has 1 atom stereocenters. The van der Waals surface area contributed by atoms with E-state index in [1.165, 1.54) is 16.8 Å². The maximum Gasteiger partial charge on any atom is 0.173 e. The largest absolute Gasteiger partial charge is 0.383 e. The van der Waals surface area contributed by atoms with E-state index in [1.807, 2.05) is 17.1 Å². The van der Waals surface area contributed by atoms with Gasteiger partial charge in [0.15, 0.2) is 5.82 Å². The molecule has 0 saturated carbocycles. The van der Waals surface area contributed by atoms with Crippen molar-refractivity contribution in [2.24, 2.45) is 0 Å². The van der Waals surface area contributed by atoms with Crippen LogP contribution in [0, 0.1) is 13.8 Å². The van der Waals surface area contributed by atoms with Gasteiger partial charge in [0.2, 0.25) is 0 Å². The van der Waals surface area contributed by atoms with Crippen molar-refractivity contribution in [3.05, 3.63) is 65.2 Å². The molecule has 1 fully saturated rings. The zero-order valence-electron chi connectivity index (χ0n) is 17.9. The summed E-state index contributed by atoms with van der Waals surface area (Å²) in [6, 6.07) is 10.8. The van der Waals surface area contributed by atoms with Crippen molar-refractivity contribution in [1.82, 2.24) is 30.1 Å². The van der Waals surface area contributed by atoms with Gasteiger partial charge in [-0.25, -0.2) is 4.68 Å². The first kappa shape index (κ1) is 20.4. The van der Waals surface area contributed by atoms with E-state index in [0.717, 1.165) is 37.6 Å². The van der Waals surface area contributed by atoms with Crippen LogP contribution >= 0.6 is 0 Å². The van der Waals surface area contributed by atoms with Crippen LogP contribution in [0.5, 0.6) is 0 Å². The number of methoxy groups -OCH3 is 1. The number of rotatable bonds is 7. The summed E-state index contributed by atoms with van der Waals surface area (Å²) in [5, 5.41) is 12.6. The van der Waals surface area contributed by atoms with Crippen molar-refractivity contribution in [3.63, 3.8) is 0 Å². The molecule has 30 heavy (non-hydrogen) atoms. The van der Waals surface area contributed by atoms with Crippen molar-refractivity contribution in [2.45, 2.75) is 26.4 Å². The molecule has 3 aromatic rings. The number of hydrogen-bond acceptors (Lipinski definition) is 7. The topological polar surface area (TPSA) is 72.2 Å². The Balaban J connectivity index is 1.57. The smallest absolute Gasteiger partial charge is 0.173 e. The Hall–Kier alpha value is -2.84. The molecule has 0 aliphatic carbocycles. The maximum atomic E-state index is 5.24. The number of piperazine rings is 1. The van der Waals surface area contributed by atoms with Gasteiger partial charge in [-0.15, -0.1) is 5.10 Å². The van der Waals surface area contributed by atoms with Gasteiger partial charge >= 0.3 is 0 Å². The molecule has 1 aliphatic rings. The van der Waals surface area contributed by atoms with E-state index in [1.54, 1.807) is 7.11 Å². The fourth-order valence-electron chi connectivity index (χ4n) is 4.09. The van der Waals surface area contributed by atoms with E-state index in [-0.39, 0.29) is 6.04 Å². The van der Waals surface area contributed by atoms with Gasteiger partial charge < -0.3 is 9.64 Å². The molecule has 1 aliphatic heterocycles. The van der Waals surface area contributed by atoms with Gasteiger partial charge in [-0.3, -0.25) is 9.88 Å². The molecule has 0 amide bonds. The van der Waals surface area contributed by atoms with Crippen LogP contribution in [-0.2, 0) is 11.3 Å². The molecule has 0 bridgehead atoms. The molecule has 2 aromatic heterocycles. The van der Waals surface area contributed by atoms with Crippen LogP contribution in [0.2, 0.25) is 0 Å². The van der Waals surface area contributed by atoms with Gasteiger partial charge in [0.05, 0.1) is 19.2 Å². The molecule has 1 aromatic carbocycles. The van der Waals surface area contributed by atoms with Crippen LogP contribution in [0.1, 0.15) is 28.6 Å². The van der Waals surface area contributed by atoms with E-state index in [4.69, 9.17) is 4.74 Å². The standard InChI is InChI=1S/C22H29N7O/c1-17-4-5-18(2)20(16-17)27-10-12-28(13-11-27)21(19-6-8-23-9-7-19)22-24-25-26-29(22)14-15-30-3/h4-9,16,21H,10-15H2,1-3H3/t21-/m0/s1. The van der Waals surface area contributed by atoms with Crippen LogP contribution in [-0.4, -0.2) is 70.0 Å². The molecule has 0 spiro atoms. The quantitative estimate of drug-likeness (QED) is 0.595. The zero-order chi connectivity index (χ0) is 20.9. The highest BCUT2D eigenvalue weighted by atomic mass is 16.5. The van der Waals surface area contributed by atoms with Crippen LogP contribution < -0.4 is 4.90 Å². The number of hydrogen-bond donors (Lipinski definition) is 0. The molecule has 0 radical (unpaired) electrons. The fourth-order valence-corrected chi connectivity index (χ4v) is 4.09. The number of anilines is 1. The lowest BCUT2D eigenvalue weighted by molar-refractivity contribution is 0.171. The first-order chi connectivity index (χ1) is 14.7. The van der Waals surface area contributed by atoms with Crippen LogP contribution in [0.15, 0.2) is 42.7 Å². The predicted molar refractivity (Wildman–Crippen MR) is 115 cm³/mol. The van der Waals surface area contributed by atoms with Gasteiger partial charge in [-0.2, -0.15) is 0 Å². The fraction of sp³-hybridized carbons (Fsp3) is 0.455. The number of benzene rings is 1. The normalized spacial score (nSPS) is 16.0. The predicted octanol–water partition coefficient (Wildman–Crippen LogP) is 2.24. The van der Waals surface area contributed by atoms with Gasteiger partial charge in [0, 0.05) is 51.4 Å². The Bertz CT molecular complexity index is 951. The SMILES string of the molecule is COCCn1nnnc1[C@H](c1ccncc1)N1CCN(c2cc(C)ccc2C)CC1. The molecule has 3 heterocycles. The Morgan fingerprint density at radius 3 is 2.53 bits per heavy atom. The summed E-state index contributed by atoms with van der Waals surface area (Å²) in [6.07, 6.45) is 3.66. The molecule has 0 N–H and O–H groups in total. The number of aryl methyl sites for hydroxylation is 2. The second-order valence-electron chi connectivity index (χ2n) is 7.75. The Kier molecular flexibility index (Phi) is 6.35. The molecule has 8 nitrogen and oxygen atoms in total. The zero-order valence-corrected chi connectivity index (χ0v) is 17.9. The van der Waals surface area contributed by atoms with Crippen LogP contribution in [0.3, 0.4) is 0 Å². The summed E-state index contributed by atoms with van der Waals surface area (Å²) < 4.78 is 7.09. The van der Waals surface area contributed by atoms with E-state index < -0.39 is 0 Å². The second kappa shape index (κ2) is 9.32. The minimum atomic E-state index is -0.0133. The minimum Gasteiger partial charge on any atom is -0.383 e. The van der Waals surface area contributed by atoms with Crippen LogP contribution in [0.25, 0.3) is 0 Å². The lowest BCUT2D eigenvalue weighted by Gasteiger charge is -2.40. The number of ether oxygens (including phenoxy) is 1. The Morgan fingerprint density at radius 2 is 1.80 bits per heavy atom. The summed E-state index contributed by atoms with van der Waals surface area (Å²) in [7, 11) is 1.69. The van der Waals surface area contributed by atoms with Crippen LogP contribution in [0.4, 0.5) is 5.69 Å². The van der Waals surface area contributed by atoms with Crippen molar-refractivity contribution < 1.29 is 4.74 Å². The van der Waals surface area contributed by atoms with Gasteiger partial charge in [-0.1, -0.05) is 12.1 Å². The van der Waals surface area contributed by atoms with E-state index in [9.17, 15) is 0 Å². The summed E-state index contributed by atoms with van der Waals surface area (Å²) in [5.41, 5.74) is 5.10. The monoisotopic (exact) mass is 407 g/mol. The van der Waals surface area contributed by atoms with E-state index in [0.29, 0.717) is 13.2 Å². The minimum absolute atomic E-state index is 0.0133. The highest BCUT2D eigenvalue weighted by Crippen LogP contribution is 2.30. The number of tetrazole rings is 1. The maximum absolute atomic E-state index is 5.24. The third-order valence-corrected chi connectivity index (χ3v) is 5.72. The highest BCUT2D eigenvalue weighted by Gasteiger charge is 2.30. The highest BCUT2D eigenvalue weighted by molar-refractivity contribution is 5.55. The molecule has 0 unspecified atom stereocenters. The summed E-state index contributed by atoms with van der Waals surface area (Å²) in [6.45, 7) is 9.32. The Labute approximate surface area is 177 Å². The van der Waals surface area contributed by atoms with Crippen molar-refractivity contribution >= 4 is 5.69 Å². The summed E-state index contributed by atoms with van der Waals surface area (Å²) in [4.78, 5) is 9.14. The average molecular weight is 408 g/mol.